The lowest BCUT2D eigenvalue weighted by atomic mass is 10.1. The summed E-state index contributed by atoms with van der Waals surface area (Å²) in [5.41, 5.74) is 0.951. The Morgan fingerprint density at radius 1 is 1.07 bits per heavy atom. The van der Waals surface area contributed by atoms with Crippen LogP contribution in [0.4, 0.5) is 0 Å². The summed E-state index contributed by atoms with van der Waals surface area (Å²) in [4.78, 5) is 28.4. The zero-order chi connectivity index (χ0) is 21.2. The smallest absolute Gasteiger partial charge is 0.242 e. The highest BCUT2D eigenvalue weighted by Crippen LogP contribution is 2.20. The van der Waals surface area contributed by atoms with Crippen LogP contribution in [-0.4, -0.2) is 41.7 Å². The van der Waals surface area contributed by atoms with Crippen molar-refractivity contribution in [3.05, 3.63) is 60.2 Å². The molecule has 0 heterocycles. The van der Waals surface area contributed by atoms with E-state index in [2.05, 4.69) is 5.32 Å². The number of methoxy groups -OCH3 is 1. The van der Waals surface area contributed by atoms with Crippen LogP contribution in [0.5, 0.6) is 5.75 Å². The zero-order valence-corrected chi connectivity index (χ0v) is 18.4. The third kappa shape index (κ3) is 7.13. The molecule has 0 aliphatic carbocycles. The Hall–Kier alpha value is -2.47. The van der Waals surface area contributed by atoms with E-state index in [9.17, 15) is 9.59 Å². The van der Waals surface area contributed by atoms with Crippen LogP contribution in [0.15, 0.2) is 59.5 Å². The van der Waals surface area contributed by atoms with Gasteiger partial charge in [-0.2, -0.15) is 0 Å². The van der Waals surface area contributed by atoms with Gasteiger partial charge < -0.3 is 15.0 Å². The maximum Gasteiger partial charge on any atom is 0.242 e. The predicted molar refractivity (Wildman–Crippen MR) is 118 cm³/mol. The van der Waals surface area contributed by atoms with Crippen molar-refractivity contribution in [1.82, 2.24) is 10.2 Å². The molecule has 1 N–H and O–H groups in total. The molecular formula is C23H30N2O3S. The lowest BCUT2D eigenvalue weighted by Gasteiger charge is -2.29. The van der Waals surface area contributed by atoms with E-state index in [1.165, 1.54) is 11.8 Å². The van der Waals surface area contributed by atoms with Crippen LogP contribution in [0, 0.1) is 0 Å². The van der Waals surface area contributed by atoms with Crippen LogP contribution in [0.3, 0.4) is 0 Å². The first-order valence-corrected chi connectivity index (χ1v) is 10.8. The molecule has 0 aromatic heterocycles. The van der Waals surface area contributed by atoms with E-state index in [0.29, 0.717) is 6.54 Å². The number of hydrogen-bond donors (Lipinski definition) is 1. The van der Waals surface area contributed by atoms with Crippen LogP contribution >= 0.6 is 11.8 Å². The fourth-order valence-corrected chi connectivity index (χ4v) is 3.53. The lowest BCUT2D eigenvalue weighted by Crippen LogP contribution is -2.50. The summed E-state index contributed by atoms with van der Waals surface area (Å²) in [5.74, 6) is 0.836. The number of nitrogens with zero attached hydrogens (tertiary/aromatic N) is 1. The van der Waals surface area contributed by atoms with Crippen LogP contribution < -0.4 is 10.1 Å². The number of rotatable bonds is 10. The molecule has 156 valence electrons. The highest BCUT2D eigenvalue weighted by Gasteiger charge is 2.26. The summed E-state index contributed by atoms with van der Waals surface area (Å²) < 4.78 is 5.20. The van der Waals surface area contributed by atoms with Gasteiger partial charge in [0.25, 0.3) is 0 Å². The van der Waals surface area contributed by atoms with Crippen LogP contribution in [0.1, 0.15) is 32.8 Å². The average molecular weight is 415 g/mol. The van der Waals surface area contributed by atoms with Gasteiger partial charge in [0.1, 0.15) is 11.8 Å². The van der Waals surface area contributed by atoms with Gasteiger partial charge in [-0.15, -0.1) is 11.8 Å². The van der Waals surface area contributed by atoms with Crippen molar-refractivity contribution >= 4 is 23.6 Å². The minimum Gasteiger partial charge on any atom is -0.497 e. The minimum absolute atomic E-state index is 0.0681. The first-order valence-electron chi connectivity index (χ1n) is 9.85. The van der Waals surface area contributed by atoms with Gasteiger partial charge in [0.05, 0.1) is 12.9 Å². The van der Waals surface area contributed by atoms with Crippen molar-refractivity contribution in [3.63, 3.8) is 0 Å². The summed E-state index contributed by atoms with van der Waals surface area (Å²) in [7, 11) is 1.62. The number of nitrogens with one attached hydrogen (secondary N) is 1. The van der Waals surface area contributed by atoms with Crippen molar-refractivity contribution in [2.75, 3.05) is 12.9 Å². The van der Waals surface area contributed by atoms with E-state index in [1.54, 1.807) is 18.9 Å². The van der Waals surface area contributed by atoms with Gasteiger partial charge in [-0.3, -0.25) is 9.59 Å². The topological polar surface area (TPSA) is 58.6 Å². The van der Waals surface area contributed by atoms with Gasteiger partial charge in [0.2, 0.25) is 11.8 Å². The first kappa shape index (κ1) is 22.8. The number of carbonyl (C=O) groups is 2. The Balaban J connectivity index is 2.13. The molecule has 6 heteroatoms. The quantitative estimate of drug-likeness (QED) is 0.594. The molecule has 5 nitrogen and oxygen atoms in total. The molecule has 29 heavy (non-hydrogen) atoms. The highest BCUT2D eigenvalue weighted by atomic mass is 32.2. The molecule has 0 saturated carbocycles. The van der Waals surface area contributed by atoms with Gasteiger partial charge in [0.15, 0.2) is 0 Å². The summed E-state index contributed by atoms with van der Waals surface area (Å²) in [6.07, 6.45) is 0.842. The van der Waals surface area contributed by atoms with E-state index in [-0.39, 0.29) is 23.6 Å². The zero-order valence-electron chi connectivity index (χ0n) is 17.6. The van der Waals surface area contributed by atoms with Gasteiger partial charge in [-0.1, -0.05) is 37.3 Å². The van der Waals surface area contributed by atoms with Gasteiger partial charge in [-0.25, -0.2) is 0 Å². The average Bonchev–Trinajstić information content (AvgIpc) is 2.76. The van der Waals surface area contributed by atoms with E-state index >= 15 is 0 Å². The second kappa shape index (κ2) is 11.5. The molecule has 0 fully saturated rings. The van der Waals surface area contributed by atoms with Gasteiger partial charge in [0, 0.05) is 17.5 Å². The second-order valence-corrected chi connectivity index (χ2v) is 8.01. The van der Waals surface area contributed by atoms with E-state index in [0.717, 1.165) is 22.6 Å². The molecule has 0 radical (unpaired) electrons. The van der Waals surface area contributed by atoms with Gasteiger partial charge in [-0.05, 0) is 50.1 Å². The molecule has 0 bridgehead atoms. The second-order valence-electron chi connectivity index (χ2n) is 6.97. The lowest BCUT2D eigenvalue weighted by molar-refractivity contribution is -0.138. The molecule has 0 spiro atoms. The third-order valence-corrected chi connectivity index (χ3v) is 5.78. The summed E-state index contributed by atoms with van der Waals surface area (Å²) >= 11 is 1.48. The van der Waals surface area contributed by atoms with Crippen molar-refractivity contribution < 1.29 is 14.3 Å². The monoisotopic (exact) mass is 414 g/mol. The molecule has 2 rings (SSSR count). The van der Waals surface area contributed by atoms with Crippen molar-refractivity contribution in [2.45, 2.75) is 50.7 Å². The molecule has 2 amide bonds. The minimum atomic E-state index is -0.560. The van der Waals surface area contributed by atoms with Crippen molar-refractivity contribution in [1.29, 1.82) is 0 Å². The number of ether oxygens (including phenoxy) is 1. The standard InChI is InChI=1S/C23H30N2O3S/c1-5-17(2)24-23(27)18(3)25(15-19-11-13-20(28-4)14-12-19)22(26)16-29-21-9-7-6-8-10-21/h6-14,17-18H,5,15-16H2,1-4H3,(H,24,27)/t17-,18+/m1/s1. The fraction of sp³-hybridized carbons (Fsp3) is 0.391. The summed E-state index contributed by atoms with van der Waals surface area (Å²) in [5, 5.41) is 2.98. The number of thioether (sulfide) groups is 1. The van der Waals surface area contributed by atoms with Crippen LogP contribution in [-0.2, 0) is 16.1 Å². The van der Waals surface area contributed by atoms with Gasteiger partial charge >= 0.3 is 0 Å². The normalized spacial score (nSPS) is 12.7. The molecule has 0 aliphatic heterocycles. The third-order valence-electron chi connectivity index (χ3n) is 4.79. The van der Waals surface area contributed by atoms with Crippen LogP contribution in [0.2, 0.25) is 0 Å². The van der Waals surface area contributed by atoms with E-state index < -0.39 is 6.04 Å². The maximum absolute atomic E-state index is 13.0. The molecule has 0 saturated heterocycles. The number of carbonyl (C=O) groups excluding carboxylic acids is 2. The Morgan fingerprint density at radius 2 is 1.72 bits per heavy atom. The Morgan fingerprint density at radius 3 is 2.31 bits per heavy atom. The maximum atomic E-state index is 13.0. The molecule has 2 aromatic carbocycles. The Kier molecular flexibility index (Phi) is 9.06. The van der Waals surface area contributed by atoms with E-state index in [1.807, 2.05) is 68.4 Å². The Bertz CT molecular complexity index is 780. The van der Waals surface area contributed by atoms with Crippen molar-refractivity contribution in [3.8, 4) is 5.75 Å². The molecule has 0 unspecified atom stereocenters. The molecule has 2 aromatic rings. The summed E-state index contributed by atoms with van der Waals surface area (Å²) in [6.45, 7) is 6.14. The first-order chi connectivity index (χ1) is 13.9. The molecular weight excluding hydrogens is 384 g/mol. The van der Waals surface area contributed by atoms with E-state index in [4.69, 9.17) is 4.74 Å². The SMILES string of the molecule is CC[C@@H](C)NC(=O)[C@H](C)N(Cc1ccc(OC)cc1)C(=O)CSc1ccccc1. The summed E-state index contributed by atoms with van der Waals surface area (Å²) in [6, 6.07) is 16.9. The fourth-order valence-electron chi connectivity index (χ4n) is 2.72. The largest absolute Gasteiger partial charge is 0.497 e. The molecule has 0 aliphatic rings. The van der Waals surface area contributed by atoms with Crippen LogP contribution in [0.25, 0.3) is 0 Å². The van der Waals surface area contributed by atoms with Crippen molar-refractivity contribution in [2.24, 2.45) is 0 Å². The number of benzene rings is 2. The predicted octanol–water partition coefficient (Wildman–Crippen LogP) is 4.12. The highest BCUT2D eigenvalue weighted by molar-refractivity contribution is 8.00. The number of amides is 2. The Labute approximate surface area is 177 Å². The number of hydrogen-bond acceptors (Lipinski definition) is 4. The molecule has 2 atom stereocenters.